The van der Waals surface area contributed by atoms with Crippen LogP contribution in [0.5, 0.6) is 0 Å². The van der Waals surface area contributed by atoms with E-state index in [2.05, 4.69) is 30.4 Å². The van der Waals surface area contributed by atoms with Gasteiger partial charge in [-0.05, 0) is 44.2 Å². The second-order valence-electron chi connectivity index (χ2n) is 7.50. The molecular formula is C21H24N2O3. The number of nitrogens with zero attached hydrogens (tertiary/aromatic N) is 1. The minimum Gasteiger partial charge on any atom is -0.472 e. The highest BCUT2D eigenvalue weighted by Gasteiger charge is 2.51. The summed E-state index contributed by atoms with van der Waals surface area (Å²) in [5.74, 6) is 0.143. The first-order valence-electron chi connectivity index (χ1n) is 9.28. The van der Waals surface area contributed by atoms with Crippen LogP contribution >= 0.6 is 0 Å². The normalized spacial score (nSPS) is 19.2. The van der Waals surface area contributed by atoms with Gasteiger partial charge in [-0.2, -0.15) is 0 Å². The number of likely N-dealkylation sites (tertiary alicyclic amines) is 1. The van der Waals surface area contributed by atoms with E-state index in [-0.39, 0.29) is 23.3 Å². The number of nitrogens with one attached hydrogen (secondary N) is 1. The van der Waals surface area contributed by atoms with Gasteiger partial charge in [0, 0.05) is 19.1 Å². The lowest BCUT2D eigenvalue weighted by Crippen LogP contribution is -2.48. The van der Waals surface area contributed by atoms with Gasteiger partial charge in [-0.25, -0.2) is 0 Å². The second kappa shape index (κ2) is 6.63. The third kappa shape index (κ3) is 3.14. The third-order valence-corrected chi connectivity index (χ3v) is 5.64. The first-order chi connectivity index (χ1) is 12.6. The molecule has 0 bridgehead atoms. The quantitative estimate of drug-likeness (QED) is 0.920. The number of aryl methyl sites for hydroxylation is 1. The van der Waals surface area contributed by atoms with Crippen LogP contribution in [-0.4, -0.2) is 35.8 Å². The topological polar surface area (TPSA) is 62.6 Å². The van der Waals surface area contributed by atoms with Crippen LogP contribution in [-0.2, 0) is 10.2 Å². The summed E-state index contributed by atoms with van der Waals surface area (Å²) in [6.07, 6.45) is 6.41. The molecule has 136 valence electrons. The molecule has 2 aliphatic rings. The van der Waals surface area contributed by atoms with Gasteiger partial charge in [-0.1, -0.05) is 29.8 Å². The zero-order chi connectivity index (χ0) is 18.1. The molecule has 1 aliphatic heterocycles. The number of benzene rings is 1. The fraction of sp³-hybridized carbons (Fsp3) is 0.429. The summed E-state index contributed by atoms with van der Waals surface area (Å²) in [4.78, 5) is 27.1. The number of hydrogen-bond donors (Lipinski definition) is 1. The van der Waals surface area contributed by atoms with Gasteiger partial charge < -0.3 is 14.6 Å². The molecule has 26 heavy (non-hydrogen) atoms. The van der Waals surface area contributed by atoms with Crippen LogP contribution < -0.4 is 5.32 Å². The second-order valence-corrected chi connectivity index (χ2v) is 7.50. The van der Waals surface area contributed by atoms with Gasteiger partial charge in [0.2, 0.25) is 5.91 Å². The average molecular weight is 352 g/mol. The van der Waals surface area contributed by atoms with Crippen molar-refractivity contribution in [2.24, 2.45) is 0 Å². The van der Waals surface area contributed by atoms with Crippen molar-refractivity contribution < 1.29 is 14.0 Å². The standard InChI is InChI=1S/C21H24N2O3/c1-15-3-2-4-17(13-15)21(8-9-21)20(25)22-18-5-10-23(11-6-18)19(24)16-7-12-26-14-16/h2-4,7,12-14,18H,5-6,8-11H2,1H3,(H,22,25). The van der Waals surface area contributed by atoms with Crippen molar-refractivity contribution in [1.82, 2.24) is 10.2 Å². The highest BCUT2D eigenvalue weighted by Crippen LogP contribution is 2.48. The number of carbonyl (C=O) groups excluding carboxylic acids is 2. The Morgan fingerprint density at radius 1 is 1.19 bits per heavy atom. The van der Waals surface area contributed by atoms with E-state index in [4.69, 9.17) is 4.42 Å². The Kier molecular flexibility index (Phi) is 4.31. The molecule has 4 rings (SSSR count). The maximum atomic E-state index is 12.9. The summed E-state index contributed by atoms with van der Waals surface area (Å²) in [6, 6.07) is 10.1. The van der Waals surface area contributed by atoms with Crippen LogP contribution in [0.4, 0.5) is 0 Å². The van der Waals surface area contributed by atoms with Crippen LogP contribution in [0.2, 0.25) is 0 Å². The van der Waals surface area contributed by atoms with E-state index in [1.807, 2.05) is 11.0 Å². The van der Waals surface area contributed by atoms with Gasteiger partial charge in [-0.3, -0.25) is 9.59 Å². The van der Waals surface area contributed by atoms with Gasteiger partial charge in [0.1, 0.15) is 6.26 Å². The Labute approximate surface area is 153 Å². The maximum absolute atomic E-state index is 12.9. The van der Waals surface area contributed by atoms with Crippen LogP contribution in [0.3, 0.4) is 0 Å². The number of rotatable bonds is 4. The van der Waals surface area contributed by atoms with Gasteiger partial charge in [0.25, 0.3) is 5.91 Å². The van der Waals surface area contributed by atoms with E-state index in [0.717, 1.165) is 31.2 Å². The first kappa shape index (κ1) is 16.9. The van der Waals surface area contributed by atoms with Crippen molar-refractivity contribution in [2.45, 2.75) is 44.1 Å². The van der Waals surface area contributed by atoms with E-state index in [9.17, 15) is 9.59 Å². The molecule has 5 heteroatoms. The highest BCUT2D eigenvalue weighted by molar-refractivity contribution is 5.94. The summed E-state index contributed by atoms with van der Waals surface area (Å²) >= 11 is 0. The molecule has 5 nitrogen and oxygen atoms in total. The minimum atomic E-state index is -0.338. The summed E-state index contributed by atoms with van der Waals surface area (Å²) in [5, 5.41) is 3.24. The van der Waals surface area contributed by atoms with Crippen molar-refractivity contribution in [3.8, 4) is 0 Å². The zero-order valence-corrected chi connectivity index (χ0v) is 15.0. The molecule has 1 aromatic heterocycles. The van der Waals surface area contributed by atoms with Crippen LogP contribution in [0.1, 0.15) is 47.2 Å². The molecule has 1 aromatic carbocycles. The molecule has 1 aliphatic carbocycles. The number of hydrogen-bond acceptors (Lipinski definition) is 3. The molecule has 2 fully saturated rings. The van der Waals surface area contributed by atoms with Crippen LogP contribution in [0.25, 0.3) is 0 Å². The lowest BCUT2D eigenvalue weighted by atomic mass is 9.92. The van der Waals surface area contributed by atoms with Crippen LogP contribution in [0, 0.1) is 6.92 Å². The van der Waals surface area contributed by atoms with Crippen molar-refractivity contribution >= 4 is 11.8 Å². The molecule has 2 aromatic rings. The van der Waals surface area contributed by atoms with Crippen molar-refractivity contribution in [3.05, 3.63) is 59.5 Å². The molecular weight excluding hydrogens is 328 g/mol. The third-order valence-electron chi connectivity index (χ3n) is 5.64. The maximum Gasteiger partial charge on any atom is 0.257 e. The van der Waals surface area contributed by atoms with Crippen molar-refractivity contribution in [1.29, 1.82) is 0 Å². The van der Waals surface area contributed by atoms with E-state index in [1.54, 1.807) is 6.07 Å². The predicted octanol–water partition coefficient (Wildman–Crippen LogP) is 3.04. The molecule has 1 N–H and O–H groups in total. The van der Waals surface area contributed by atoms with E-state index >= 15 is 0 Å². The fourth-order valence-corrected chi connectivity index (χ4v) is 3.83. The Morgan fingerprint density at radius 2 is 1.96 bits per heavy atom. The summed E-state index contributed by atoms with van der Waals surface area (Å²) < 4.78 is 4.99. The van der Waals surface area contributed by atoms with Crippen molar-refractivity contribution in [3.63, 3.8) is 0 Å². The molecule has 0 unspecified atom stereocenters. The van der Waals surface area contributed by atoms with Crippen molar-refractivity contribution in [2.75, 3.05) is 13.1 Å². The summed E-state index contributed by atoms with van der Waals surface area (Å²) in [5.41, 5.74) is 2.56. The SMILES string of the molecule is Cc1cccc(C2(C(=O)NC3CCN(C(=O)c4ccoc4)CC3)CC2)c1. The molecule has 2 heterocycles. The Hall–Kier alpha value is -2.56. The molecule has 0 radical (unpaired) electrons. The first-order valence-corrected chi connectivity index (χ1v) is 9.28. The lowest BCUT2D eigenvalue weighted by Gasteiger charge is -2.33. The fourth-order valence-electron chi connectivity index (χ4n) is 3.83. The average Bonchev–Trinajstić information content (AvgIpc) is 3.29. The lowest BCUT2D eigenvalue weighted by molar-refractivity contribution is -0.124. The predicted molar refractivity (Wildman–Crippen MR) is 97.9 cm³/mol. The minimum absolute atomic E-state index is 0.00181. The monoisotopic (exact) mass is 352 g/mol. The van der Waals surface area contributed by atoms with E-state index in [0.29, 0.717) is 18.7 Å². The van der Waals surface area contributed by atoms with Gasteiger partial charge in [0.05, 0.1) is 17.2 Å². The van der Waals surface area contributed by atoms with Gasteiger partial charge in [0.15, 0.2) is 0 Å². The Morgan fingerprint density at radius 3 is 2.58 bits per heavy atom. The Balaban J connectivity index is 1.34. The number of furan rings is 1. The molecule has 1 saturated heterocycles. The molecule has 2 amide bonds. The largest absolute Gasteiger partial charge is 0.472 e. The van der Waals surface area contributed by atoms with E-state index in [1.165, 1.54) is 18.1 Å². The Bertz CT molecular complexity index is 800. The number of piperidine rings is 1. The molecule has 0 spiro atoms. The molecule has 0 atom stereocenters. The number of carbonyl (C=O) groups is 2. The van der Waals surface area contributed by atoms with E-state index < -0.39 is 0 Å². The highest BCUT2D eigenvalue weighted by atomic mass is 16.3. The van der Waals surface area contributed by atoms with Gasteiger partial charge in [-0.15, -0.1) is 0 Å². The number of amides is 2. The summed E-state index contributed by atoms with van der Waals surface area (Å²) in [7, 11) is 0. The van der Waals surface area contributed by atoms with Crippen LogP contribution in [0.15, 0.2) is 47.3 Å². The molecule has 1 saturated carbocycles. The van der Waals surface area contributed by atoms with Gasteiger partial charge >= 0.3 is 0 Å². The smallest absolute Gasteiger partial charge is 0.257 e. The summed E-state index contributed by atoms with van der Waals surface area (Å²) in [6.45, 7) is 3.38. The zero-order valence-electron chi connectivity index (χ0n) is 15.0.